The predicted octanol–water partition coefficient (Wildman–Crippen LogP) is 1.03. The molecule has 92 valence electrons. The number of aromatic hydroxyl groups is 1. The Balaban J connectivity index is 1.65. The second-order valence-electron chi connectivity index (χ2n) is 4.81. The van der Waals surface area contributed by atoms with Gasteiger partial charge in [-0.1, -0.05) is 0 Å². The normalized spacial score (nSPS) is 20.8. The lowest BCUT2D eigenvalue weighted by atomic mass is 10.2. The SMILES string of the molecule is CN1CCN(Cc2ccc3c(c2)OC[OH+]3)CC1. The van der Waals surface area contributed by atoms with E-state index >= 15 is 0 Å². The first-order valence-corrected chi connectivity index (χ1v) is 6.15. The average molecular weight is 235 g/mol. The molecule has 3 rings (SSSR count). The van der Waals surface area contributed by atoms with Crippen LogP contribution in [0.2, 0.25) is 0 Å². The summed E-state index contributed by atoms with van der Waals surface area (Å²) in [6.45, 7) is 6.13. The van der Waals surface area contributed by atoms with Crippen LogP contribution in [0, 0.1) is 0 Å². The summed E-state index contributed by atoms with van der Waals surface area (Å²) in [5.74, 6) is 1.93. The Kier molecular flexibility index (Phi) is 2.91. The van der Waals surface area contributed by atoms with Gasteiger partial charge in [0.05, 0.1) is 0 Å². The van der Waals surface area contributed by atoms with Crippen molar-refractivity contribution in [1.82, 2.24) is 9.80 Å². The van der Waals surface area contributed by atoms with Crippen molar-refractivity contribution in [2.45, 2.75) is 6.54 Å². The van der Waals surface area contributed by atoms with Crippen LogP contribution in [-0.4, -0.2) is 54.6 Å². The standard InChI is InChI=1S/C13H18N2O2/c1-14-4-6-15(7-5-14)9-11-2-3-12-13(8-11)17-10-16-12/h2-3,8H,4-7,9-10H2,1H3/p+1. The first kappa shape index (κ1) is 10.9. The van der Waals surface area contributed by atoms with Gasteiger partial charge in [-0.05, 0) is 24.7 Å². The van der Waals surface area contributed by atoms with Crippen molar-refractivity contribution in [2.24, 2.45) is 0 Å². The smallest absolute Gasteiger partial charge is 0.327 e. The van der Waals surface area contributed by atoms with Gasteiger partial charge in [-0.2, -0.15) is 0 Å². The lowest BCUT2D eigenvalue weighted by molar-refractivity contribution is 0.00265. The van der Waals surface area contributed by atoms with Gasteiger partial charge in [-0.15, -0.1) is 0 Å². The van der Waals surface area contributed by atoms with Gasteiger partial charge in [0.15, 0.2) is 0 Å². The number of fused-ring (bicyclic) bond motifs is 1. The topological polar surface area (TPSA) is 28.5 Å². The zero-order chi connectivity index (χ0) is 11.7. The van der Waals surface area contributed by atoms with E-state index in [2.05, 4.69) is 39.8 Å². The Morgan fingerprint density at radius 1 is 1.24 bits per heavy atom. The summed E-state index contributed by atoms with van der Waals surface area (Å²) < 4.78 is 9.71. The van der Waals surface area contributed by atoms with Gasteiger partial charge in [0.25, 0.3) is 5.75 Å². The Morgan fingerprint density at radius 2 is 2.06 bits per heavy atom. The maximum absolute atomic E-state index is 5.45. The maximum atomic E-state index is 5.45. The second-order valence-corrected chi connectivity index (χ2v) is 4.81. The van der Waals surface area contributed by atoms with Crippen LogP contribution >= 0.6 is 0 Å². The van der Waals surface area contributed by atoms with Gasteiger partial charge in [0, 0.05) is 38.8 Å². The minimum Gasteiger partial charge on any atom is -0.551 e. The number of piperazine rings is 1. The molecule has 0 unspecified atom stereocenters. The summed E-state index contributed by atoms with van der Waals surface area (Å²) in [5.41, 5.74) is 1.32. The molecule has 0 spiro atoms. The predicted molar refractivity (Wildman–Crippen MR) is 66.4 cm³/mol. The molecule has 17 heavy (non-hydrogen) atoms. The van der Waals surface area contributed by atoms with Crippen molar-refractivity contribution in [3.63, 3.8) is 0 Å². The second kappa shape index (κ2) is 4.55. The highest BCUT2D eigenvalue weighted by molar-refractivity contribution is 5.43. The molecule has 0 aromatic heterocycles. The van der Waals surface area contributed by atoms with Crippen molar-refractivity contribution in [2.75, 3.05) is 40.0 Å². The van der Waals surface area contributed by atoms with E-state index < -0.39 is 0 Å². The van der Waals surface area contributed by atoms with Crippen molar-refractivity contribution >= 4 is 0 Å². The number of hydrogen-bond donors (Lipinski definition) is 0. The molecule has 1 fully saturated rings. The van der Waals surface area contributed by atoms with E-state index in [1.54, 1.807) is 0 Å². The number of likely N-dealkylation sites (N-methyl/N-ethyl adjacent to an activating group) is 1. The monoisotopic (exact) mass is 235 g/mol. The van der Waals surface area contributed by atoms with Gasteiger partial charge in [-0.3, -0.25) is 4.90 Å². The maximum Gasteiger partial charge on any atom is 0.327 e. The van der Waals surface area contributed by atoms with E-state index in [4.69, 9.17) is 4.74 Å². The summed E-state index contributed by atoms with van der Waals surface area (Å²) >= 11 is 0. The molecule has 1 N–H and O–H groups in total. The average Bonchev–Trinajstić information content (AvgIpc) is 2.79. The Labute approximate surface area is 102 Å². The van der Waals surface area contributed by atoms with Crippen LogP contribution in [0.25, 0.3) is 0 Å². The minimum atomic E-state index is 0.479. The van der Waals surface area contributed by atoms with Crippen LogP contribution < -0.4 is 4.74 Å². The molecule has 0 bridgehead atoms. The van der Waals surface area contributed by atoms with Crippen LogP contribution in [0.5, 0.6) is 11.5 Å². The highest BCUT2D eigenvalue weighted by atomic mass is 16.7. The van der Waals surface area contributed by atoms with E-state index in [9.17, 15) is 0 Å². The van der Waals surface area contributed by atoms with Gasteiger partial charge >= 0.3 is 6.79 Å². The number of aliphatic hydroxyl groups is 1. The summed E-state index contributed by atoms with van der Waals surface area (Å²) in [5, 5.41) is 0. The van der Waals surface area contributed by atoms with Crippen LogP contribution in [0.4, 0.5) is 0 Å². The molecule has 1 aromatic carbocycles. The number of ether oxygens (including phenoxy) is 2. The third-order valence-electron chi connectivity index (χ3n) is 3.48. The first-order chi connectivity index (χ1) is 8.31. The molecule has 4 nitrogen and oxygen atoms in total. The van der Waals surface area contributed by atoms with E-state index in [1.165, 1.54) is 5.56 Å². The van der Waals surface area contributed by atoms with Crippen LogP contribution in [0.3, 0.4) is 0 Å². The largest absolute Gasteiger partial charge is 0.551 e. The van der Waals surface area contributed by atoms with Crippen molar-refractivity contribution < 1.29 is 9.47 Å². The minimum absolute atomic E-state index is 0.479. The lowest BCUT2D eigenvalue weighted by Crippen LogP contribution is -2.43. The number of hydrogen-bond acceptors (Lipinski definition) is 3. The third kappa shape index (κ3) is 2.37. The molecule has 2 aliphatic heterocycles. The summed E-state index contributed by atoms with van der Waals surface area (Å²) in [6, 6.07) is 6.35. The third-order valence-corrected chi connectivity index (χ3v) is 3.48. The summed E-state index contributed by atoms with van der Waals surface area (Å²) in [7, 11) is 2.18. The molecule has 0 saturated carbocycles. The van der Waals surface area contributed by atoms with Crippen LogP contribution in [0.15, 0.2) is 18.2 Å². The van der Waals surface area contributed by atoms with E-state index in [0.29, 0.717) is 6.79 Å². The molecule has 0 atom stereocenters. The van der Waals surface area contributed by atoms with E-state index in [0.717, 1.165) is 44.2 Å². The van der Waals surface area contributed by atoms with Crippen LogP contribution in [0.1, 0.15) is 5.56 Å². The molecule has 0 amide bonds. The number of nitrogens with zero attached hydrogens (tertiary/aromatic N) is 2. The Bertz CT molecular complexity index is 400. The van der Waals surface area contributed by atoms with Gasteiger partial charge in [-0.25, -0.2) is 0 Å². The zero-order valence-corrected chi connectivity index (χ0v) is 10.2. The molecule has 0 radical (unpaired) electrons. The lowest BCUT2D eigenvalue weighted by Gasteiger charge is -2.32. The fourth-order valence-electron chi connectivity index (χ4n) is 2.34. The summed E-state index contributed by atoms with van der Waals surface area (Å²) in [6.07, 6.45) is 0. The number of benzene rings is 1. The highest BCUT2D eigenvalue weighted by Gasteiger charge is 2.19. The molecule has 2 aliphatic rings. The molecule has 2 heterocycles. The number of rotatable bonds is 2. The van der Waals surface area contributed by atoms with Crippen molar-refractivity contribution in [3.05, 3.63) is 23.8 Å². The molecular weight excluding hydrogens is 216 g/mol. The summed E-state index contributed by atoms with van der Waals surface area (Å²) in [4.78, 5) is 4.87. The van der Waals surface area contributed by atoms with Crippen molar-refractivity contribution in [1.29, 1.82) is 0 Å². The van der Waals surface area contributed by atoms with Crippen molar-refractivity contribution in [3.8, 4) is 11.5 Å². The van der Waals surface area contributed by atoms with Gasteiger partial charge in [0.1, 0.15) is 0 Å². The van der Waals surface area contributed by atoms with E-state index in [1.807, 2.05) is 0 Å². The molecular formula is C13H19N2O2+. The fourth-order valence-corrected chi connectivity index (χ4v) is 2.34. The fraction of sp³-hybridized carbons (Fsp3) is 0.538. The van der Waals surface area contributed by atoms with E-state index in [-0.39, 0.29) is 0 Å². The quantitative estimate of drug-likeness (QED) is 0.717. The zero-order valence-electron chi connectivity index (χ0n) is 10.2. The van der Waals surface area contributed by atoms with Gasteiger partial charge < -0.3 is 14.4 Å². The molecule has 0 aliphatic carbocycles. The Hall–Kier alpha value is -1.26. The Morgan fingerprint density at radius 3 is 2.88 bits per heavy atom. The molecule has 1 aromatic rings. The first-order valence-electron chi connectivity index (χ1n) is 6.15. The van der Waals surface area contributed by atoms with Gasteiger partial charge in [0.2, 0.25) is 5.75 Å². The molecule has 1 saturated heterocycles. The van der Waals surface area contributed by atoms with Crippen LogP contribution in [-0.2, 0) is 6.54 Å². The molecule has 4 heteroatoms. The highest BCUT2D eigenvalue weighted by Crippen LogP contribution is 2.33.